The number of hydrogen-bond donors (Lipinski definition) is 0. The Morgan fingerprint density at radius 3 is 2.64 bits per heavy atom. The molecule has 0 radical (unpaired) electrons. The SMILES string of the molecule is CN1[C@H]2CCN(C(=O)CC3CC3)CC[C@@H]2Oc2ccccc2S1(=O)=O. The molecule has 2 aliphatic heterocycles. The molecule has 1 saturated heterocycles. The molecule has 1 aliphatic carbocycles. The number of likely N-dealkylation sites (tertiary alicyclic amines) is 1. The Kier molecular flexibility index (Phi) is 4.24. The second-order valence-corrected chi connectivity index (χ2v) is 9.26. The van der Waals surface area contributed by atoms with Crippen molar-refractivity contribution in [3.8, 4) is 5.75 Å². The van der Waals surface area contributed by atoms with Gasteiger partial charge in [-0.15, -0.1) is 0 Å². The molecule has 136 valence electrons. The Bertz CT molecular complexity index is 775. The summed E-state index contributed by atoms with van der Waals surface area (Å²) in [5, 5.41) is 0. The molecule has 7 heteroatoms. The van der Waals surface area contributed by atoms with Crippen molar-refractivity contribution in [2.24, 2.45) is 5.92 Å². The van der Waals surface area contributed by atoms with Crippen LogP contribution in [0.25, 0.3) is 0 Å². The Hall–Kier alpha value is -1.60. The highest BCUT2D eigenvalue weighted by Crippen LogP contribution is 2.36. The van der Waals surface area contributed by atoms with Crippen LogP contribution >= 0.6 is 0 Å². The molecule has 0 unspecified atom stereocenters. The van der Waals surface area contributed by atoms with Crippen molar-refractivity contribution in [1.29, 1.82) is 0 Å². The number of likely N-dealkylation sites (N-methyl/N-ethyl adjacent to an activating group) is 1. The lowest BCUT2D eigenvalue weighted by molar-refractivity contribution is -0.131. The van der Waals surface area contributed by atoms with E-state index >= 15 is 0 Å². The van der Waals surface area contributed by atoms with Gasteiger partial charge in [-0.1, -0.05) is 12.1 Å². The Balaban J connectivity index is 1.58. The minimum atomic E-state index is -3.59. The molecule has 2 fully saturated rings. The minimum absolute atomic E-state index is 0.199. The summed E-state index contributed by atoms with van der Waals surface area (Å²) in [5.74, 6) is 1.18. The first-order valence-electron chi connectivity index (χ1n) is 8.98. The molecule has 2 atom stereocenters. The fourth-order valence-corrected chi connectivity index (χ4v) is 5.35. The number of benzene rings is 1. The first kappa shape index (κ1) is 16.8. The number of sulfonamides is 1. The van der Waals surface area contributed by atoms with Gasteiger partial charge in [-0.2, -0.15) is 4.31 Å². The molecule has 4 rings (SSSR count). The predicted molar refractivity (Wildman–Crippen MR) is 92.7 cm³/mol. The molecule has 1 amide bonds. The van der Waals surface area contributed by atoms with Gasteiger partial charge < -0.3 is 9.64 Å². The Morgan fingerprint density at radius 1 is 1.16 bits per heavy atom. The average Bonchev–Trinajstić information content (AvgIpc) is 3.41. The maximum atomic E-state index is 12.9. The molecule has 0 bridgehead atoms. The van der Waals surface area contributed by atoms with E-state index in [1.165, 1.54) is 4.31 Å². The topological polar surface area (TPSA) is 66.9 Å². The van der Waals surface area contributed by atoms with E-state index in [1.54, 1.807) is 31.3 Å². The van der Waals surface area contributed by atoms with Crippen LogP contribution in [0.2, 0.25) is 0 Å². The highest BCUT2D eigenvalue weighted by molar-refractivity contribution is 7.89. The summed E-state index contributed by atoms with van der Waals surface area (Å²) in [4.78, 5) is 14.6. The molecule has 3 aliphatic rings. The van der Waals surface area contributed by atoms with E-state index in [0.717, 1.165) is 12.8 Å². The highest BCUT2D eigenvalue weighted by atomic mass is 32.2. The van der Waals surface area contributed by atoms with E-state index in [0.29, 0.717) is 44.0 Å². The van der Waals surface area contributed by atoms with Gasteiger partial charge in [-0.3, -0.25) is 4.79 Å². The van der Waals surface area contributed by atoms with Crippen LogP contribution < -0.4 is 4.74 Å². The second-order valence-electron chi connectivity index (χ2n) is 7.30. The molecule has 25 heavy (non-hydrogen) atoms. The molecule has 1 aromatic carbocycles. The predicted octanol–water partition coefficient (Wildman–Crippen LogP) is 1.86. The number of carbonyl (C=O) groups is 1. The van der Waals surface area contributed by atoms with Crippen molar-refractivity contribution in [3.05, 3.63) is 24.3 Å². The van der Waals surface area contributed by atoms with Gasteiger partial charge in [-0.05, 0) is 37.3 Å². The van der Waals surface area contributed by atoms with E-state index in [2.05, 4.69) is 0 Å². The van der Waals surface area contributed by atoms with Gasteiger partial charge in [0.1, 0.15) is 16.7 Å². The smallest absolute Gasteiger partial charge is 0.246 e. The van der Waals surface area contributed by atoms with Crippen molar-refractivity contribution < 1.29 is 17.9 Å². The maximum Gasteiger partial charge on any atom is 0.246 e. The van der Waals surface area contributed by atoms with E-state index < -0.39 is 10.0 Å². The van der Waals surface area contributed by atoms with E-state index in [9.17, 15) is 13.2 Å². The van der Waals surface area contributed by atoms with Crippen LogP contribution in [0.1, 0.15) is 32.1 Å². The zero-order valence-corrected chi connectivity index (χ0v) is 15.2. The van der Waals surface area contributed by atoms with Gasteiger partial charge in [0.2, 0.25) is 15.9 Å². The van der Waals surface area contributed by atoms with Crippen molar-refractivity contribution in [2.45, 2.75) is 49.1 Å². The number of rotatable bonds is 2. The monoisotopic (exact) mass is 364 g/mol. The van der Waals surface area contributed by atoms with Crippen molar-refractivity contribution in [3.63, 3.8) is 0 Å². The third-order valence-electron chi connectivity index (χ3n) is 5.57. The third kappa shape index (κ3) is 3.15. The van der Waals surface area contributed by atoms with Crippen LogP contribution in [0.4, 0.5) is 0 Å². The molecular weight excluding hydrogens is 340 g/mol. The molecule has 1 saturated carbocycles. The summed E-state index contributed by atoms with van der Waals surface area (Å²) >= 11 is 0. The summed E-state index contributed by atoms with van der Waals surface area (Å²) in [6, 6.07) is 6.56. The van der Waals surface area contributed by atoms with Crippen molar-refractivity contribution >= 4 is 15.9 Å². The van der Waals surface area contributed by atoms with Gasteiger partial charge in [0.15, 0.2) is 0 Å². The lowest BCUT2D eigenvalue weighted by Gasteiger charge is -2.28. The van der Waals surface area contributed by atoms with Gasteiger partial charge in [-0.25, -0.2) is 8.42 Å². The fourth-order valence-electron chi connectivity index (χ4n) is 3.82. The van der Waals surface area contributed by atoms with Crippen LogP contribution in [0, 0.1) is 5.92 Å². The summed E-state index contributed by atoms with van der Waals surface area (Å²) in [6.45, 7) is 1.22. The Labute approximate surface area is 148 Å². The number of fused-ring (bicyclic) bond motifs is 2. The summed E-state index contributed by atoms with van der Waals surface area (Å²) in [5.41, 5.74) is 0. The molecule has 1 aromatic rings. The first-order chi connectivity index (χ1) is 12.0. The third-order valence-corrected chi connectivity index (χ3v) is 7.49. The second kappa shape index (κ2) is 6.29. The molecule has 0 N–H and O–H groups in total. The normalized spacial score (nSPS) is 28.9. The Morgan fingerprint density at radius 2 is 1.88 bits per heavy atom. The standard InChI is InChI=1S/C18H24N2O4S/c1-19-14-8-10-20(18(21)12-13-6-7-13)11-9-15(14)24-16-4-2-3-5-17(16)25(19,22)23/h2-5,13-15H,6-12H2,1H3/t14-,15-/m0/s1. The van der Waals surface area contributed by atoms with E-state index in [1.807, 2.05) is 4.90 Å². The molecule has 0 spiro atoms. The van der Waals surface area contributed by atoms with Gasteiger partial charge in [0, 0.05) is 33.0 Å². The zero-order valence-electron chi connectivity index (χ0n) is 14.4. The molecule has 2 heterocycles. The average molecular weight is 364 g/mol. The van der Waals surface area contributed by atoms with Crippen molar-refractivity contribution in [2.75, 3.05) is 20.1 Å². The number of hydrogen-bond acceptors (Lipinski definition) is 4. The summed E-state index contributed by atoms with van der Waals surface area (Å²) in [6.07, 6.45) is 3.96. The first-order valence-corrected chi connectivity index (χ1v) is 10.4. The summed E-state index contributed by atoms with van der Waals surface area (Å²) < 4.78 is 33.4. The number of para-hydroxylation sites is 1. The largest absolute Gasteiger partial charge is 0.487 e. The van der Waals surface area contributed by atoms with Crippen LogP contribution in [-0.4, -0.2) is 55.8 Å². The number of ether oxygens (including phenoxy) is 1. The minimum Gasteiger partial charge on any atom is -0.487 e. The quantitative estimate of drug-likeness (QED) is 0.803. The van der Waals surface area contributed by atoms with Gasteiger partial charge in [0.25, 0.3) is 0 Å². The van der Waals surface area contributed by atoms with Crippen LogP contribution in [-0.2, 0) is 14.8 Å². The van der Waals surface area contributed by atoms with Crippen LogP contribution in [0.15, 0.2) is 29.2 Å². The maximum absolute atomic E-state index is 12.9. The lowest BCUT2D eigenvalue weighted by atomic mass is 10.1. The molecule has 0 aromatic heterocycles. The number of nitrogens with zero attached hydrogens (tertiary/aromatic N) is 2. The van der Waals surface area contributed by atoms with E-state index in [4.69, 9.17) is 4.74 Å². The highest BCUT2D eigenvalue weighted by Gasteiger charge is 2.41. The number of carbonyl (C=O) groups excluding carboxylic acids is 1. The van der Waals surface area contributed by atoms with Gasteiger partial charge in [0.05, 0.1) is 6.04 Å². The zero-order chi connectivity index (χ0) is 17.6. The van der Waals surface area contributed by atoms with E-state index in [-0.39, 0.29) is 22.9 Å². The number of amides is 1. The van der Waals surface area contributed by atoms with Gasteiger partial charge >= 0.3 is 0 Å². The van der Waals surface area contributed by atoms with Crippen LogP contribution in [0.3, 0.4) is 0 Å². The summed E-state index contributed by atoms with van der Waals surface area (Å²) in [7, 11) is -1.96. The molecular formula is C18H24N2O4S. The van der Waals surface area contributed by atoms with Crippen molar-refractivity contribution in [1.82, 2.24) is 9.21 Å². The van der Waals surface area contributed by atoms with Crippen LogP contribution in [0.5, 0.6) is 5.75 Å². The fraction of sp³-hybridized carbons (Fsp3) is 0.611. The molecule has 6 nitrogen and oxygen atoms in total. The lowest BCUT2D eigenvalue weighted by Crippen LogP contribution is -2.44.